The number of carbonyl (C=O) groups excluding carboxylic acids is 1. The van der Waals surface area contributed by atoms with Crippen molar-refractivity contribution < 1.29 is 9.53 Å². The molecule has 0 aromatic heterocycles. The maximum atomic E-state index is 13.0. The summed E-state index contributed by atoms with van der Waals surface area (Å²) in [5, 5.41) is 0. The third-order valence-corrected chi connectivity index (χ3v) is 4.54. The number of ketones is 1. The maximum Gasteiger partial charge on any atom is 0.185 e. The fourth-order valence-corrected chi connectivity index (χ4v) is 3.36. The van der Waals surface area contributed by atoms with Gasteiger partial charge in [-0.1, -0.05) is 48.9 Å². The second-order valence-electron chi connectivity index (χ2n) is 6.87. The van der Waals surface area contributed by atoms with E-state index in [9.17, 15) is 4.79 Å². The summed E-state index contributed by atoms with van der Waals surface area (Å²) >= 11 is 0. The largest absolute Gasteiger partial charge is 0.497 e. The fourth-order valence-electron chi connectivity index (χ4n) is 3.36. The van der Waals surface area contributed by atoms with Gasteiger partial charge in [0.2, 0.25) is 0 Å². The molecule has 0 spiro atoms. The van der Waals surface area contributed by atoms with E-state index in [1.54, 1.807) is 7.11 Å². The van der Waals surface area contributed by atoms with Crippen LogP contribution in [0.25, 0.3) is 12.2 Å². The normalized spacial score (nSPS) is 20.9. The van der Waals surface area contributed by atoms with Gasteiger partial charge in [0, 0.05) is 11.1 Å². The highest BCUT2D eigenvalue weighted by molar-refractivity contribution is 6.14. The molecule has 0 heterocycles. The molecule has 0 radical (unpaired) electrons. The highest BCUT2D eigenvalue weighted by Crippen LogP contribution is 2.32. The molecule has 0 amide bonds. The average molecular weight is 332 g/mol. The van der Waals surface area contributed by atoms with Gasteiger partial charge < -0.3 is 4.74 Å². The third-order valence-electron chi connectivity index (χ3n) is 4.54. The van der Waals surface area contributed by atoms with Crippen LogP contribution >= 0.6 is 0 Å². The number of ether oxygens (including phenoxy) is 1. The first-order chi connectivity index (χ1) is 12.0. The Morgan fingerprint density at radius 1 is 0.960 bits per heavy atom. The van der Waals surface area contributed by atoms with Gasteiger partial charge in [-0.05, 0) is 61.1 Å². The molecule has 2 aromatic rings. The topological polar surface area (TPSA) is 26.3 Å². The van der Waals surface area contributed by atoms with E-state index >= 15 is 0 Å². The first-order valence-corrected chi connectivity index (χ1v) is 8.71. The van der Waals surface area contributed by atoms with Gasteiger partial charge >= 0.3 is 0 Å². The number of aryl methyl sites for hydroxylation is 1. The Morgan fingerprint density at radius 2 is 1.56 bits per heavy atom. The lowest BCUT2D eigenvalue weighted by atomic mass is 9.80. The zero-order valence-corrected chi connectivity index (χ0v) is 15.1. The van der Waals surface area contributed by atoms with Crippen molar-refractivity contribution in [1.82, 2.24) is 0 Å². The van der Waals surface area contributed by atoms with Crippen molar-refractivity contribution in [2.75, 3.05) is 7.11 Å². The van der Waals surface area contributed by atoms with Crippen LogP contribution in [0.1, 0.15) is 36.5 Å². The van der Waals surface area contributed by atoms with Gasteiger partial charge in [0.1, 0.15) is 5.75 Å². The van der Waals surface area contributed by atoms with Gasteiger partial charge in [0.15, 0.2) is 5.78 Å². The Morgan fingerprint density at radius 3 is 2.16 bits per heavy atom. The van der Waals surface area contributed by atoms with Crippen molar-refractivity contribution in [3.05, 3.63) is 76.4 Å². The van der Waals surface area contributed by atoms with Crippen LogP contribution in [0.15, 0.2) is 59.7 Å². The molecule has 1 atom stereocenters. The van der Waals surface area contributed by atoms with E-state index in [-0.39, 0.29) is 5.78 Å². The molecule has 2 aromatic carbocycles. The number of rotatable bonds is 3. The Bertz CT molecular complexity index is 843. The zero-order chi connectivity index (χ0) is 17.8. The molecule has 3 rings (SSSR count). The molecule has 0 bridgehead atoms. The Labute approximate surface area is 149 Å². The first-order valence-electron chi connectivity index (χ1n) is 8.71. The second-order valence-corrected chi connectivity index (χ2v) is 6.87. The molecule has 1 fully saturated rings. The van der Waals surface area contributed by atoms with Gasteiger partial charge in [0.05, 0.1) is 7.11 Å². The standard InChI is InChI=1S/C23H24O2/c1-16-6-4-7-18(10-16)13-20-11-17(2)12-21(23(20)24)14-19-8-5-9-22(15-19)25-3/h4-10,13-15,17H,11-12H2,1-3H3/b20-13+,21-14+. The van der Waals surface area contributed by atoms with Gasteiger partial charge in [-0.15, -0.1) is 0 Å². The summed E-state index contributed by atoms with van der Waals surface area (Å²) in [6.07, 6.45) is 5.71. The number of hydrogen-bond donors (Lipinski definition) is 0. The molecule has 128 valence electrons. The molecule has 2 heteroatoms. The summed E-state index contributed by atoms with van der Waals surface area (Å²) < 4.78 is 5.28. The molecule has 0 saturated heterocycles. The zero-order valence-electron chi connectivity index (χ0n) is 15.1. The summed E-state index contributed by atoms with van der Waals surface area (Å²) in [5.41, 5.74) is 5.09. The molecular weight excluding hydrogens is 308 g/mol. The minimum Gasteiger partial charge on any atom is -0.497 e. The van der Waals surface area contributed by atoms with E-state index in [2.05, 4.69) is 32.0 Å². The molecule has 1 unspecified atom stereocenters. The summed E-state index contributed by atoms with van der Waals surface area (Å²) in [6, 6.07) is 16.1. The van der Waals surface area contributed by atoms with Gasteiger partial charge in [-0.3, -0.25) is 4.79 Å². The molecule has 25 heavy (non-hydrogen) atoms. The Kier molecular flexibility index (Phi) is 5.18. The van der Waals surface area contributed by atoms with E-state index in [1.807, 2.05) is 42.5 Å². The lowest BCUT2D eigenvalue weighted by Gasteiger charge is -2.22. The molecule has 0 N–H and O–H groups in total. The number of allylic oxidation sites excluding steroid dienone is 2. The van der Waals surface area contributed by atoms with Crippen molar-refractivity contribution >= 4 is 17.9 Å². The highest BCUT2D eigenvalue weighted by Gasteiger charge is 2.25. The molecule has 1 saturated carbocycles. The van der Waals surface area contributed by atoms with Crippen molar-refractivity contribution in [3.8, 4) is 5.75 Å². The molecule has 2 nitrogen and oxygen atoms in total. The van der Waals surface area contributed by atoms with Gasteiger partial charge in [0.25, 0.3) is 0 Å². The number of hydrogen-bond acceptors (Lipinski definition) is 2. The minimum absolute atomic E-state index is 0.169. The predicted molar refractivity (Wildman–Crippen MR) is 104 cm³/mol. The highest BCUT2D eigenvalue weighted by atomic mass is 16.5. The van der Waals surface area contributed by atoms with Crippen LogP contribution in [0.2, 0.25) is 0 Å². The van der Waals surface area contributed by atoms with E-state index < -0.39 is 0 Å². The quantitative estimate of drug-likeness (QED) is 0.697. The predicted octanol–water partition coefficient (Wildman–Crippen LogP) is 5.47. The van der Waals surface area contributed by atoms with Crippen molar-refractivity contribution in [1.29, 1.82) is 0 Å². The molecular formula is C23H24O2. The summed E-state index contributed by atoms with van der Waals surface area (Å²) in [6.45, 7) is 4.28. The van der Waals surface area contributed by atoms with Crippen LogP contribution < -0.4 is 4.74 Å². The van der Waals surface area contributed by atoms with Crippen LogP contribution in [0, 0.1) is 12.8 Å². The van der Waals surface area contributed by atoms with E-state index in [4.69, 9.17) is 4.74 Å². The van der Waals surface area contributed by atoms with Crippen LogP contribution in [-0.2, 0) is 4.79 Å². The Hall–Kier alpha value is -2.61. The van der Waals surface area contributed by atoms with Gasteiger partial charge in [-0.2, -0.15) is 0 Å². The Balaban J connectivity index is 1.93. The maximum absolute atomic E-state index is 13.0. The summed E-state index contributed by atoms with van der Waals surface area (Å²) in [4.78, 5) is 13.0. The summed E-state index contributed by atoms with van der Waals surface area (Å²) in [5.74, 6) is 1.44. The monoisotopic (exact) mass is 332 g/mol. The average Bonchev–Trinajstić information content (AvgIpc) is 2.59. The number of carbonyl (C=O) groups is 1. The van der Waals surface area contributed by atoms with E-state index in [1.165, 1.54) is 5.56 Å². The lowest BCUT2D eigenvalue weighted by molar-refractivity contribution is -0.113. The van der Waals surface area contributed by atoms with Crippen molar-refractivity contribution in [2.45, 2.75) is 26.7 Å². The van der Waals surface area contributed by atoms with Crippen LogP contribution in [0.4, 0.5) is 0 Å². The SMILES string of the molecule is COc1cccc(/C=C2\CC(C)C/C(=C\c3cccc(C)c3)C2=O)c1. The lowest BCUT2D eigenvalue weighted by Crippen LogP contribution is -2.18. The second kappa shape index (κ2) is 7.52. The van der Waals surface area contributed by atoms with E-state index in [0.29, 0.717) is 5.92 Å². The summed E-state index contributed by atoms with van der Waals surface area (Å²) in [7, 11) is 1.66. The van der Waals surface area contributed by atoms with Gasteiger partial charge in [-0.25, -0.2) is 0 Å². The molecule has 1 aliphatic rings. The smallest absolute Gasteiger partial charge is 0.185 e. The fraction of sp³-hybridized carbons (Fsp3) is 0.261. The van der Waals surface area contributed by atoms with Crippen molar-refractivity contribution in [3.63, 3.8) is 0 Å². The van der Waals surface area contributed by atoms with E-state index in [0.717, 1.165) is 40.9 Å². The van der Waals surface area contributed by atoms with Crippen LogP contribution in [-0.4, -0.2) is 12.9 Å². The molecule has 1 aliphatic carbocycles. The van der Waals surface area contributed by atoms with Crippen LogP contribution in [0.3, 0.4) is 0 Å². The minimum atomic E-state index is 0.169. The molecule has 0 aliphatic heterocycles. The number of methoxy groups -OCH3 is 1. The van der Waals surface area contributed by atoms with Crippen LogP contribution in [0.5, 0.6) is 5.75 Å². The first kappa shape index (κ1) is 17.2. The van der Waals surface area contributed by atoms with Crippen molar-refractivity contribution in [2.24, 2.45) is 5.92 Å². The third kappa shape index (κ3) is 4.27. The number of Topliss-reactive ketones (excluding diaryl/α,β-unsaturated/α-hetero) is 1. The number of benzene rings is 2.